The summed E-state index contributed by atoms with van der Waals surface area (Å²) >= 11 is 11.9. The van der Waals surface area contributed by atoms with Crippen molar-refractivity contribution >= 4 is 29.1 Å². The van der Waals surface area contributed by atoms with E-state index in [0.29, 0.717) is 24.6 Å². The Morgan fingerprint density at radius 1 is 1.00 bits per heavy atom. The molecule has 1 saturated heterocycles. The number of carbonyl (C=O) groups is 1. The summed E-state index contributed by atoms with van der Waals surface area (Å²) in [6.07, 6.45) is 3.41. The molecule has 0 N–H and O–H groups in total. The van der Waals surface area contributed by atoms with Gasteiger partial charge in [0.05, 0.1) is 13.0 Å². The van der Waals surface area contributed by atoms with E-state index < -0.39 is 0 Å². The second-order valence-electron chi connectivity index (χ2n) is 7.83. The van der Waals surface area contributed by atoms with Crippen molar-refractivity contribution < 1.29 is 9.53 Å². The number of benzene rings is 2. The van der Waals surface area contributed by atoms with Gasteiger partial charge in [-0.1, -0.05) is 47.5 Å². The van der Waals surface area contributed by atoms with Crippen molar-refractivity contribution in [3.63, 3.8) is 0 Å². The van der Waals surface area contributed by atoms with Gasteiger partial charge in [0.15, 0.2) is 0 Å². The SMILES string of the molecule is COCCN(C(=O)Cc1ccc(Cl)cc1)C1CCN(CCc2ccc(Cl)cc2)CC1. The van der Waals surface area contributed by atoms with Gasteiger partial charge in [0, 0.05) is 49.4 Å². The van der Waals surface area contributed by atoms with Crippen molar-refractivity contribution in [2.75, 3.05) is 39.9 Å². The summed E-state index contributed by atoms with van der Waals surface area (Å²) in [6.45, 7) is 4.25. The molecule has 1 heterocycles. The van der Waals surface area contributed by atoms with E-state index in [1.165, 1.54) is 5.56 Å². The Morgan fingerprint density at radius 3 is 2.13 bits per heavy atom. The molecular weight excluding hydrogens is 419 g/mol. The lowest BCUT2D eigenvalue weighted by molar-refractivity contribution is -0.134. The number of piperidine rings is 1. The van der Waals surface area contributed by atoms with Crippen LogP contribution in [0.3, 0.4) is 0 Å². The zero-order valence-electron chi connectivity index (χ0n) is 17.5. The van der Waals surface area contributed by atoms with Crippen molar-refractivity contribution in [1.82, 2.24) is 9.80 Å². The average Bonchev–Trinajstić information content (AvgIpc) is 2.76. The van der Waals surface area contributed by atoms with E-state index in [-0.39, 0.29) is 11.9 Å². The van der Waals surface area contributed by atoms with E-state index in [1.807, 2.05) is 41.3 Å². The maximum atomic E-state index is 13.0. The average molecular weight is 449 g/mol. The van der Waals surface area contributed by atoms with Gasteiger partial charge < -0.3 is 14.5 Å². The highest BCUT2D eigenvalue weighted by Gasteiger charge is 2.27. The highest BCUT2D eigenvalue weighted by Crippen LogP contribution is 2.19. The molecule has 162 valence electrons. The van der Waals surface area contributed by atoms with Crippen molar-refractivity contribution in [2.24, 2.45) is 0 Å². The quantitative estimate of drug-likeness (QED) is 0.556. The molecule has 1 amide bonds. The molecule has 1 fully saturated rings. The molecule has 2 aromatic rings. The lowest BCUT2D eigenvalue weighted by Crippen LogP contribution is -2.49. The minimum absolute atomic E-state index is 0.161. The second kappa shape index (κ2) is 11.7. The van der Waals surface area contributed by atoms with Crippen LogP contribution in [0.4, 0.5) is 0 Å². The van der Waals surface area contributed by atoms with Gasteiger partial charge in [0.1, 0.15) is 0 Å². The number of hydrogen-bond acceptors (Lipinski definition) is 3. The van der Waals surface area contributed by atoms with Crippen LogP contribution in [0.5, 0.6) is 0 Å². The number of carbonyl (C=O) groups excluding carboxylic acids is 1. The first kappa shape index (κ1) is 23.1. The van der Waals surface area contributed by atoms with E-state index in [1.54, 1.807) is 7.11 Å². The molecule has 0 aromatic heterocycles. The number of ether oxygens (including phenoxy) is 1. The third kappa shape index (κ3) is 6.98. The zero-order chi connectivity index (χ0) is 21.3. The van der Waals surface area contributed by atoms with Gasteiger partial charge in [-0.15, -0.1) is 0 Å². The molecule has 0 spiro atoms. The van der Waals surface area contributed by atoms with E-state index >= 15 is 0 Å². The summed E-state index contributed by atoms with van der Waals surface area (Å²) in [5.41, 5.74) is 2.30. The number of nitrogens with zero attached hydrogens (tertiary/aromatic N) is 2. The van der Waals surface area contributed by atoms with E-state index in [0.717, 1.165) is 49.5 Å². The minimum Gasteiger partial charge on any atom is -0.383 e. The fourth-order valence-corrected chi connectivity index (χ4v) is 4.22. The van der Waals surface area contributed by atoms with Gasteiger partial charge in [-0.05, 0) is 54.7 Å². The molecular formula is C24H30Cl2N2O2. The first-order valence-corrected chi connectivity index (χ1v) is 11.3. The molecule has 1 aliphatic rings. The molecule has 4 nitrogen and oxygen atoms in total. The topological polar surface area (TPSA) is 32.8 Å². The minimum atomic E-state index is 0.161. The summed E-state index contributed by atoms with van der Waals surface area (Å²) in [5, 5.41) is 1.47. The molecule has 6 heteroatoms. The molecule has 0 unspecified atom stereocenters. The lowest BCUT2D eigenvalue weighted by atomic mass is 10.0. The highest BCUT2D eigenvalue weighted by molar-refractivity contribution is 6.30. The van der Waals surface area contributed by atoms with Gasteiger partial charge in [0.2, 0.25) is 5.91 Å². The number of amides is 1. The van der Waals surface area contributed by atoms with Crippen LogP contribution in [0.25, 0.3) is 0 Å². The van der Waals surface area contributed by atoms with Gasteiger partial charge in [-0.25, -0.2) is 0 Å². The van der Waals surface area contributed by atoms with Crippen LogP contribution in [0.1, 0.15) is 24.0 Å². The van der Waals surface area contributed by atoms with Crippen LogP contribution in [0.15, 0.2) is 48.5 Å². The Bertz CT molecular complexity index is 788. The van der Waals surface area contributed by atoms with Crippen LogP contribution in [-0.4, -0.2) is 61.6 Å². The first-order chi connectivity index (χ1) is 14.5. The Morgan fingerprint density at radius 2 is 1.57 bits per heavy atom. The summed E-state index contributed by atoms with van der Waals surface area (Å²) < 4.78 is 5.27. The van der Waals surface area contributed by atoms with Gasteiger partial charge in [-0.3, -0.25) is 4.79 Å². The summed E-state index contributed by atoms with van der Waals surface area (Å²) in [7, 11) is 1.68. The Balaban J connectivity index is 1.51. The molecule has 0 bridgehead atoms. The number of hydrogen-bond donors (Lipinski definition) is 0. The highest BCUT2D eigenvalue weighted by atomic mass is 35.5. The number of likely N-dealkylation sites (tertiary alicyclic amines) is 1. The maximum Gasteiger partial charge on any atom is 0.227 e. The third-order valence-electron chi connectivity index (χ3n) is 5.75. The molecule has 2 aromatic carbocycles. The van der Waals surface area contributed by atoms with Crippen LogP contribution in [0, 0.1) is 0 Å². The van der Waals surface area contributed by atoms with Crippen molar-refractivity contribution in [2.45, 2.75) is 31.7 Å². The Labute approximate surface area is 189 Å². The molecule has 0 atom stereocenters. The number of halogens is 2. The summed E-state index contributed by atoms with van der Waals surface area (Å²) in [5.74, 6) is 0.161. The molecule has 1 aliphatic heterocycles. The normalized spacial score (nSPS) is 15.3. The lowest BCUT2D eigenvalue weighted by Gasteiger charge is -2.38. The van der Waals surface area contributed by atoms with Crippen molar-refractivity contribution in [3.05, 3.63) is 69.7 Å². The van der Waals surface area contributed by atoms with Gasteiger partial charge in [-0.2, -0.15) is 0 Å². The number of rotatable bonds is 9. The fourth-order valence-electron chi connectivity index (χ4n) is 3.97. The van der Waals surface area contributed by atoms with Gasteiger partial charge in [0.25, 0.3) is 0 Å². The summed E-state index contributed by atoms with van der Waals surface area (Å²) in [4.78, 5) is 17.5. The molecule has 30 heavy (non-hydrogen) atoms. The Kier molecular flexibility index (Phi) is 9.01. The van der Waals surface area contributed by atoms with E-state index in [4.69, 9.17) is 27.9 Å². The maximum absolute atomic E-state index is 13.0. The zero-order valence-corrected chi connectivity index (χ0v) is 19.0. The van der Waals surface area contributed by atoms with Crippen molar-refractivity contribution in [3.8, 4) is 0 Å². The molecule has 0 aliphatic carbocycles. The van der Waals surface area contributed by atoms with Crippen LogP contribution < -0.4 is 0 Å². The molecule has 0 radical (unpaired) electrons. The van der Waals surface area contributed by atoms with Crippen LogP contribution in [-0.2, 0) is 22.4 Å². The number of methoxy groups -OCH3 is 1. The summed E-state index contributed by atoms with van der Waals surface area (Å²) in [6, 6.07) is 15.9. The smallest absolute Gasteiger partial charge is 0.227 e. The third-order valence-corrected chi connectivity index (χ3v) is 6.26. The predicted molar refractivity (Wildman–Crippen MR) is 123 cm³/mol. The fraction of sp³-hybridized carbons (Fsp3) is 0.458. The van der Waals surface area contributed by atoms with Crippen molar-refractivity contribution in [1.29, 1.82) is 0 Å². The molecule has 0 saturated carbocycles. The standard InChI is InChI=1S/C24H30Cl2N2O2/c1-30-17-16-28(24(29)18-20-4-8-22(26)9-5-20)23-11-14-27(15-12-23)13-10-19-2-6-21(25)7-3-19/h2-9,23H,10-18H2,1H3. The van der Waals surface area contributed by atoms with Crippen LogP contribution in [0.2, 0.25) is 10.0 Å². The predicted octanol–water partition coefficient (Wildman–Crippen LogP) is 4.72. The first-order valence-electron chi connectivity index (χ1n) is 10.5. The van der Waals surface area contributed by atoms with Gasteiger partial charge >= 0.3 is 0 Å². The molecule has 3 rings (SSSR count). The Hall–Kier alpha value is -1.59. The van der Waals surface area contributed by atoms with E-state index in [9.17, 15) is 4.79 Å². The van der Waals surface area contributed by atoms with E-state index in [2.05, 4.69) is 17.0 Å². The van der Waals surface area contributed by atoms with Crippen LogP contribution >= 0.6 is 23.2 Å². The largest absolute Gasteiger partial charge is 0.383 e. The monoisotopic (exact) mass is 448 g/mol. The second-order valence-corrected chi connectivity index (χ2v) is 8.71.